The molecule has 14 heteroatoms. The van der Waals surface area contributed by atoms with Crippen molar-refractivity contribution in [2.45, 2.75) is 58.7 Å². The van der Waals surface area contributed by atoms with Gasteiger partial charge in [-0.15, -0.1) is 5.10 Å². The van der Waals surface area contributed by atoms with Gasteiger partial charge in [0.15, 0.2) is 11.6 Å². The van der Waals surface area contributed by atoms with Crippen molar-refractivity contribution in [2.24, 2.45) is 0 Å². The van der Waals surface area contributed by atoms with Gasteiger partial charge in [-0.3, -0.25) is 14.4 Å². The Balaban J connectivity index is 1.36. The number of fused-ring (bicyclic) bond motifs is 1. The Bertz CT molecular complexity index is 1650. The Hall–Kier alpha value is -4.30. The molecule has 1 aliphatic heterocycles. The minimum atomic E-state index is -4.78. The molecule has 10 nitrogen and oxygen atoms in total. The second-order valence-electron chi connectivity index (χ2n) is 10.8. The van der Waals surface area contributed by atoms with Crippen LogP contribution in [0.15, 0.2) is 42.9 Å². The maximum absolute atomic E-state index is 15.3. The largest absolute Gasteiger partial charge is 0.494 e. The van der Waals surface area contributed by atoms with Gasteiger partial charge in [0, 0.05) is 44.5 Å². The third kappa shape index (κ3) is 6.60. The normalized spacial score (nSPS) is 13.8. The van der Waals surface area contributed by atoms with E-state index in [4.69, 9.17) is 9.47 Å². The SMILES string of the molecule is COCc1nn(Cc2ccc3c(c2)CCN(C(C)C)C3)cc1C(=O)NCc1c(-n2cnc(C(F)(F)F)n2)ccc(OC)c1F. The third-order valence-electron chi connectivity index (χ3n) is 7.57. The fraction of sp³-hybridized carbons (Fsp3) is 0.400. The van der Waals surface area contributed by atoms with Crippen LogP contribution in [0.3, 0.4) is 0 Å². The van der Waals surface area contributed by atoms with E-state index in [0.717, 1.165) is 36.1 Å². The second-order valence-corrected chi connectivity index (χ2v) is 10.8. The molecule has 1 aliphatic rings. The molecule has 4 aromatic rings. The highest BCUT2D eigenvalue weighted by molar-refractivity contribution is 5.95. The number of hydrogen-bond donors (Lipinski definition) is 1. The monoisotopic (exact) mass is 615 g/mol. The summed E-state index contributed by atoms with van der Waals surface area (Å²) < 4.78 is 67.4. The number of halogens is 4. The van der Waals surface area contributed by atoms with E-state index in [1.807, 2.05) is 0 Å². The maximum Gasteiger partial charge on any atom is 0.453 e. The molecule has 44 heavy (non-hydrogen) atoms. The van der Waals surface area contributed by atoms with Gasteiger partial charge in [0.25, 0.3) is 11.7 Å². The lowest BCUT2D eigenvalue weighted by Crippen LogP contribution is -2.35. The van der Waals surface area contributed by atoms with Crippen LogP contribution in [-0.4, -0.2) is 62.2 Å². The molecule has 2 aromatic heterocycles. The predicted molar refractivity (Wildman–Crippen MR) is 152 cm³/mol. The number of ether oxygens (including phenoxy) is 2. The van der Waals surface area contributed by atoms with Crippen LogP contribution in [0.4, 0.5) is 17.6 Å². The molecular weight excluding hydrogens is 582 g/mol. The second kappa shape index (κ2) is 12.7. The number of amides is 1. The summed E-state index contributed by atoms with van der Waals surface area (Å²) in [7, 11) is 2.74. The van der Waals surface area contributed by atoms with Gasteiger partial charge >= 0.3 is 6.18 Å². The third-order valence-corrected chi connectivity index (χ3v) is 7.57. The molecule has 0 spiro atoms. The highest BCUT2D eigenvalue weighted by Crippen LogP contribution is 2.29. The molecule has 5 rings (SSSR count). The number of nitrogens with zero attached hydrogens (tertiary/aromatic N) is 6. The van der Waals surface area contributed by atoms with Crippen LogP contribution in [0.1, 0.15) is 58.0 Å². The Labute approximate surface area is 251 Å². The molecule has 1 N–H and O–H groups in total. The summed E-state index contributed by atoms with van der Waals surface area (Å²) in [5.41, 5.74) is 4.07. The van der Waals surface area contributed by atoms with Crippen LogP contribution in [0.5, 0.6) is 5.75 Å². The first-order valence-corrected chi connectivity index (χ1v) is 14.0. The number of carbonyl (C=O) groups excluding carboxylic acids is 1. The van der Waals surface area contributed by atoms with E-state index in [0.29, 0.717) is 18.3 Å². The van der Waals surface area contributed by atoms with Crippen LogP contribution >= 0.6 is 0 Å². The topological polar surface area (TPSA) is 99.3 Å². The first-order valence-electron chi connectivity index (χ1n) is 14.0. The predicted octanol–water partition coefficient (Wildman–Crippen LogP) is 4.52. The molecule has 0 unspecified atom stereocenters. The Kier molecular flexibility index (Phi) is 9.02. The van der Waals surface area contributed by atoms with Crippen molar-refractivity contribution in [3.63, 3.8) is 0 Å². The number of aromatic nitrogens is 5. The fourth-order valence-corrected chi connectivity index (χ4v) is 5.23. The highest BCUT2D eigenvalue weighted by Gasteiger charge is 2.36. The average Bonchev–Trinajstić information content (AvgIpc) is 3.64. The summed E-state index contributed by atoms with van der Waals surface area (Å²) in [5, 5.41) is 10.6. The molecule has 0 aliphatic carbocycles. The van der Waals surface area contributed by atoms with Gasteiger partial charge in [0.2, 0.25) is 0 Å². The van der Waals surface area contributed by atoms with Crippen molar-refractivity contribution < 1.29 is 31.8 Å². The van der Waals surface area contributed by atoms with Crippen molar-refractivity contribution in [3.8, 4) is 11.4 Å². The number of carbonyl (C=O) groups is 1. The molecule has 0 fully saturated rings. The minimum absolute atomic E-state index is 0.0386. The van der Waals surface area contributed by atoms with Gasteiger partial charge in [-0.05, 0) is 49.1 Å². The fourth-order valence-electron chi connectivity index (χ4n) is 5.23. The van der Waals surface area contributed by atoms with E-state index in [9.17, 15) is 18.0 Å². The molecule has 0 atom stereocenters. The van der Waals surface area contributed by atoms with Crippen molar-refractivity contribution >= 4 is 5.91 Å². The van der Waals surface area contributed by atoms with Gasteiger partial charge in [-0.25, -0.2) is 14.1 Å². The zero-order chi connectivity index (χ0) is 31.6. The summed E-state index contributed by atoms with van der Waals surface area (Å²) in [5.74, 6) is -2.95. The number of rotatable bonds is 10. The lowest BCUT2D eigenvalue weighted by atomic mass is 9.96. The molecule has 2 aromatic carbocycles. The van der Waals surface area contributed by atoms with Gasteiger partial charge < -0.3 is 14.8 Å². The molecule has 0 saturated heterocycles. The summed E-state index contributed by atoms with van der Waals surface area (Å²) >= 11 is 0. The number of methoxy groups -OCH3 is 2. The van der Waals surface area contributed by atoms with Crippen molar-refractivity contribution in [1.29, 1.82) is 0 Å². The van der Waals surface area contributed by atoms with Crippen molar-refractivity contribution in [2.75, 3.05) is 20.8 Å². The summed E-state index contributed by atoms with van der Waals surface area (Å²) in [6.07, 6.45) is -1.40. The van der Waals surface area contributed by atoms with Gasteiger partial charge in [0.05, 0.1) is 31.5 Å². The van der Waals surface area contributed by atoms with Crippen molar-refractivity contribution in [3.05, 3.63) is 88.0 Å². The summed E-state index contributed by atoms with van der Waals surface area (Å²) in [6.45, 7) is 6.39. The van der Waals surface area contributed by atoms with Crippen LogP contribution in [0.25, 0.3) is 5.69 Å². The molecule has 1 amide bonds. The van der Waals surface area contributed by atoms with Crippen molar-refractivity contribution in [1.82, 2.24) is 34.8 Å². The number of hydrogen-bond acceptors (Lipinski definition) is 7. The highest BCUT2D eigenvalue weighted by atomic mass is 19.4. The van der Waals surface area contributed by atoms with E-state index in [2.05, 4.69) is 57.4 Å². The van der Waals surface area contributed by atoms with Crippen LogP contribution in [0, 0.1) is 5.82 Å². The first-order chi connectivity index (χ1) is 21.0. The Morgan fingerprint density at radius 1 is 1.11 bits per heavy atom. The smallest absolute Gasteiger partial charge is 0.453 e. The molecule has 0 saturated carbocycles. The Morgan fingerprint density at radius 2 is 1.91 bits per heavy atom. The van der Waals surface area contributed by atoms with E-state index in [1.165, 1.54) is 37.5 Å². The standard InChI is InChI=1S/C30H33F4N7O3/c1-18(2)39-10-9-20-11-19(5-6-21(20)14-39)13-40-15-23(24(37-40)16-43-3)28(42)35-12-22-25(7-8-26(44-4)27(22)31)41-17-36-29(38-41)30(32,33)34/h5-8,11,15,17-18H,9-10,12-14,16H2,1-4H3,(H,35,42). The van der Waals surface area contributed by atoms with Gasteiger partial charge in [-0.1, -0.05) is 18.2 Å². The van der Waals surface area contributed by atoms with Crippen LogP contribution < -0.4 is 10.1 Å². The summed E-state index contributed by atoms with van der Waals surface area (Å²) in [4.78, 5) is 19.1. The number of nitrogens with one attached hydrogen (secondary N) is 1. The van der Waals surface area contributed by atoms with Crippen LogP contribution in [-0.2, 0) is 43.6 Å². The van der Waals surface area contributed by atoms with Crippen LogP contribution in [0.2, 0.25) is 0 Å². The van der Waals surface area contributed by atoms with E-state index in [1.54, 1.807) is 10.9 Å². The average molecular weight is 616 g/mol. The number of benzene rings is 2. The van der Waals surface area contributed by atoms with E-state index >= 15 is 4.39 Å². The Morgan fingerprint density at radius 3 is 2.59 bits per heavy atom. The molecule has 0 radical (unpaired) electrons. The molecule has 3 heterocycles. The lowest BCUT2D eigenvalue weighted by molar-refractivity contribution is -0.144. The first kappa shape index (κ1) is 31.1. The zero-order valence-corrected chi connectivity index (χ0v) is 24.8. The molecular formula is C30H33F4N7O3. The molecule has 234 valence electrons. The quantitative estimate of drug-likeness (QED) is 0.262. The van der Waals surface area contributed by atoms with Gasteiger partial charge in [0.1, 0.15) is 12.0 Å². The summed E-state index contributed by atoms with van der Waals surface area (Å²) in [6, 6.07) is 9.44. The molecule has 0 bridgehead atoms. The maximum atomic E-state index is 15.3. The zero-order valence-electron chi connectivity index (χ0n) is 24.8. The lowest BCUT2D eigenvalue weighted by Gasteiger charge is -2.32. The van der Waals surface area contributed by atoms with E-state index in [-0.39, 0.29) is 35.7 Å². The minimum Gasteiger partial charge on any atom is -0.494 e. The van der Waals surface area contributed by atoms with Gasteiger partial charge in [-0.2, -0.15) is 18.3 Å². The van der Waals surface area contributed by atoms with E-state index < -0.39 is 23.7 Å². The number of alkyl halides is 3.